The Hall–Kier alpha value is -3.14. The van der Waals surface area contributed by atoms with Crippen LogP contribution in [0, 0.1) is 18.6 Å². The van der Waals surface area contributed by atoms with Gasteiger partial charge in [0.05, 0.1) is 37.4 Å². The molecule has 1 fully saturated rings. The van der Waals surface area contributed by atoms with E-state index < -0.39 is 5.82 Å². The van der Waals surface area contributed by atoms with Crippen molar-refractivity contribution in [2.45, 2.75) is 13.0 Å². The Morgan fingerprint density at radius 1 is 1.41 bits per heavy atom. The zero-order valence-electron chi connectivity index (χ0n) is 14.5. The maximum Gasteiger partial charge on any atom is 0.318 e. The van der Waals surface area contributed by atoms with Crippen LogP contribution in [0.5, 0.6) is 6.01 Å². The summed E-state index contributed by atoms with van der Waals surface area (Å²) in [6, 6.07) is 4.41. The van der Waals surface area contributed by atoms with Gasteiger partial charge in [-0.2, -0.15) is 10.1 Å². The first-order valence-electron chi connectivity index (χ1n) is 8.11. The number of aromatic nitrogens is 2. The molecule has 0 spiro atoms. The maximum absolute atomic E-state index is 13.7. The third-order valence-electron chi connectivity index (χ3n) is 3.72. The summed E-state index contributed by atoms with van der Waals surface area (Å²) in [5.41, 5.74) is 1.32. The molecule has 1 saturated heterocycles. The molecular formula is C17H18F2N6O2. The molecule has 10 heteroatoms. The van der Waals surface area contributed by atoms with Crippen LogP contribution < -0.4 is 15.9 Å². The van der Waals surface area contributed by atoms with E-state index >= 15 is 0 Å². The van der Waals surface area contributed by atoms with Crippen LogP contribution >= 0.6 is 0 Å². The highest BCUT2D eigenvalue weighted by Gasteiger charge is 2.20. The number of hydrogen-bond acceptors (Lipinski definition) is 8. The largest absolute Gasteiger partial charge is 0.457 e. The predicted molar refractivity (Wildman–Crippen MR) is 96.6 cm³/mol. The van der Waals surface area contributed by atoms with Gasteiger partial charge < -0.3 is 20.6 Å². The number of halogens is 2. The van der Waals surface area contributed by atoms with Crippen molar-refractivity contribution in [3.63, 3.8) is 0 Å². The number of nitrogens with two attached hydrogens (primary N) is 1. The van der Waals surface area contributed by atoms with E-state index in [1.54, 1.807) is 13.0 Å². The summed E-state index contributed by atoms with van der Waals surface area (Å²) in [6.45, 7) is 2.55. The molecule has 0 bridgehead atoms. The fourth-order valence-corrected chi connectivity index (χ4v) is 2.14. The van der Waals surface area contributed by atoms with Gasteiger partial charge in [0.2, 0.25) is 0 Å². The van der Waals surface area contributed by atoms with Crippen LogP contribution in [-0.4, -0.2) is 47.8 Å². The lowest BCUT2D eigenvalue weighted by Crippen LogP contribution is -2.40. The zero-order valence-corrected chi connectivity index (χ0v) is 14.5. The summed E-state index contributed by atoms with van der Waals surface area (Å²) in [5, 5.41) is 6.48. The highest BCUT2D eigenvalue weighted by atomic mass is 19.1. The number of ether oxygens (including phenoxy) is 2. The first kappa shape index (κ1) is 18.6. The van der Waals surface area contributed by atoms with Crippen molar-refractivity contribution < 1.29 is 18.3 Å². The molecule has 0 aliphatic carbocycles. The third kappa shape index (κ3) is 4.94. The first-order valence-corrected chi connectivity index (χ1v) is 8.11. The zero-order chi connectivity index (χ0) is 19.2. The molecule has 1 aromatic carbocycles. The van der Waals surface area contributed by atoms with Crippen LogP contribution in [0.2, 0.25) is 0 Å². The van der Waals surface area contributed by atoms with Crippen LogP contribution in [0.15, 0.2) is 34.5 Å². The van der Waals surface area contributed by atoms with E-state index in [9.17, 15) is 8.78 Å². The fourth-order valence-electron chi connectivity index (χ4n) is 2.14. The van der Waals surface area contributed by atoms with Gasteiger partial charge in [0.25, 0.3) is 0 Å². The summed E-state index contributed by atoms with van der Waals surface area (Å²) in [7, 11) is 0. The van der Waals surface area contributed by atoms with Crippen LogP contribution in [0.4, 0.5) is 20.3 Å². The van der Waals surface area contributed by atoms with Crippen molar-refractivity contribution in [1.29, 1.82) is 0 Å². The van der Waals surface area contributed by atoms with E-state index in [2.05, 4.69) is 25.4 Å². The third-order valence-corrected chi connectivity index (χ3v) is 3.72. The molecule has 142 valence electrons. The molecular weight excluding hydrogens is 358 g/mol. The minimum absolute atomic E-state index is 0.00899. The molecule has 2 heterocycles. The van der Waals surface area contributed by atoms with Crippen LogP contribution in [0.25, 0.3) is 0 Å². The number of nitrogens with zero attached hydrogens (tertiary/aromatic N) is 4. The lowest BCUT2D eigenvalue weighted by atomic mass is 10.2. The number of benzene rings is 1. The van der Waals surface area contributed by atoms with Crippen molar-refractivity contribution in [3.8, 4) is 6.01 Å². The average Bonchev–Trinajstić information content (AvgIpc) is 2.63. The van der Waals surface area contributed by atoms with E-state index in [4.69, 9.17) is 15.3 Å². The Balaban J connectivity index is 1.61. The van der Waals surface area contributed by atoms with E-state index in [1.165, 1.54) is 18.3 Å². The molecule has 1 aliphatic heterocycles. The van der Waals surface area contributed by atoms with Crippen molar-refractivity contribution in [2.75, 3.05) is 25.1 Å². The second-order valence-electron chi connectivity index (χ2n) is 5.83. The van der Waals surface area contributed by atoms with Crippen molar-refractivity contribution in [2.24, 2.45) is 15.9 Å². The van der Waals surface area contributed by atoms with Gasteiger partial charge in [0, 0.05) is 0 Å². The van der Waals surface area contributed by atoms with Gasteiger partial charge in [-0.05, 0) is 30.7 Å². The first-order chi connectivity index (χ1) is 13.0. The SMILES string of the molecule is Cc1cc(N=CC(COc2ncc(F)c(NC3COC3)n2)=NN)ccc1F. The lowest BCUT2D eigenvalue weighted by Gasteiger charge is -2.27. The highest BCUT2D eigenvalue weighted by molar-refractivity contribution is 6.31. The van der Waals surface area contributed by atoms with E-state index in [0.29, 0.717) is 30.2 Å². The van der Waals surface area contributed by atoms with Crippen LogP contribution in [0.1, 0.15) is 5.56 Å². The van der Waals surface area contributed by atoms with Gasteiger partial charge >= 0.3 is 6.01 Å². The number of nitrogens with one attached hydrogen (secondary N) is 1. The summed E-state index contributed by atoms with van der Waals surface area (Å²) < 4.78 is 37.4. The molecule has 1 aromatic heterocycles. The molecule has 0 unspecified atom stereocenters. The lowest BCUT2D eigenvalue weighted by molar-refractivity contribution is 0.0208. The normalized spacial score (nSPS) is 15.0. The second kappa shape index (κ2) is 8.49. The minimum atomic E-state index is -0.588. The molecule has 0 atom stereocenters. The molecule has 0 radical (unpaired) electrons. The van der Waals surface area contributed by atoms with Crippen molar-refractivity contribution in [3.05, 3.63) is 41.6 Å². The standard InChI is InChI=1S/C17H18F2N6O2/c1-10-4-11(2-3-14(10)18)21-5-12(25-20)9-27-17-22-6-15(19)16(24-17)23-13-7-26-8-13/h2-6,13H,7-9,20H2,1H3,(H,22,23,24). The Morgan fingerprint density at radius 2 is 2.22 bits per heavy atom. The molecule has 3 N–H and O–H groups in total. The van der Waals surface area contributed by atoms with E-state index in [0.717, 1.165) is 6.20 Å². The Bertz CT molecular complexity index is 870. The summed E-state index contributed by atoms with van der Waals surface area (Å²) in [5.74, 6) is 4.47. The number of anilines is 1. The number of aryl methyl sites for hydroxylation is 1. The van der Waals surface area contributed by atoms with Crippen molar-refractivity contribution in [1.82, 2.24) is 9.97 Å². The smallest absolute Gasteiger partial charge is 0.318 e. The molecule has 27 heavy (non-hydrogen) atoms. The summed E-state index contributed by atoms with van der Waals surface area (Å²) in [6.07, 6.45) is 2.40. The van der Waals surface area contributed by atoms with Gasteiger partial charge in [0.15, 0.2) is 11.6 Å². The predicted octanol–water partition coefficient (Wildman–Crippen LogP) is 1.97. The van der Waals surface area contributed by atoms with E-state index in [-0.39, 0.29) is 30.3 Å². The minimum Gasteiger partial charge on any atom is -0.457 e. The van der Waals surface area contributed by atoms with Gasteiger partial charge in [-0.1, -0.05) is 0 Å². The molecule has 1 aliphatic rings. The maximum atomic E-state index is 13.7. The Labute approximate surface area is 154 Å². The van der Waals surface area contributed by atoms with Gasteiger partial charge in [-0.25, -0.2) is 13.8 Å². The monoisotopic (exact) mass is 376 g/mol. The number of hydrazone groups is 1. The quantitative estimate of drug-likeness (QED) is 0.435. The molecule has 3 rings (SSSR count). The van der Waals surface area contributed by atoms with Gasteiger partial charge in [-0.15, -0.1) is 0 Å². The van der Waals surface area contributed by atoms with E-state index in [1.807, 2.05) is 0 Å². The van der Waals surface area contributed by atoms with Gasteiger partial charge in [0.1, 0.15) is 18.1 Å². The summed E-state index contributed by atoms with van der Waals surface area (Å²) in [4.78, 5) is 11.9. The molecule has 8 nitrogen and oxygen atoms in total. The van der Waals surface area contributed by atoms with Gasteiger partial charge in [-0.3, -0.25) is 4.99 Å². The van der Waals surface area contributed by atoms with Crippen molar-refractivity contribution >= 4 is 23.4 Å². The van der Waals surface area contributed by atoms with Crippen LogP contribution in [-0.2, 0) is 4.74 Å². The molecule has 0 amide bonds. The van der Waals surface area contributed by atoms with Crippen LogP contribution in [0.3, 0.4) is 0 Å². The Morgan fingerprint density at radius 3 is 2.89 bits per heavy atom. The number of hydrogen-bond donors (Lipinski definition) is 2. The molecule has 2 aromatic rings. The Kier molecular flexibility index (Phi) is 5.87. The average molecular weight is 376 g/mol. The molecule has 0 saturated carbocycles. The topological polar surface area (TPSA) is 107 Å². The summed E-state index contributed by atoms with van der Waals surface area (Å²) >= 11 is 0. The number of rotatable bonds is 7. The fraction of sp³-hybridized carbons (Fsp3) is 0.294. The second-order valence-corrected chi connectivity index (χ2v) is 5.83. The highest BCUT2D eigenvalue weighted by Crippen LogP contribution is 2.17. The number of aliphatic imine (C=N–C) groups is 1.